The number of aryl methyl sites for hydroxylation is 2. The Kier molecular flexibility index (Phi) is 5.78. The van der Waals surface area contributed by atoms with Gasteiger partial charge in [-0.15, -0.1) is 0 Å². The molecule has 0 saturated heterocycles. The van der Waals surface area contributed by atoms with Crippen molar-refractivity contribution in [3.63, 3.8) is 0 Å². The van der Waals surface area contributed by atoms with Crippen LogP contribution in [-0.4, -0.2) is 30.4 Å². The lowest BCUT2D eigenvalue weighted by Gasteiger charge is -2.33. The molecule has 3 heterocycles. The number of rotatable bonds is 5. The highest BCUT2D eigenvalue weighted by molar-refractivity contribution is 7.89. The highest BCUT2D eigenvalue weighted by Crippen LogP contribution is 2.33. The van der Waals surface area contributed by atoms with Crippen molar-refractivity contribution in [3.05, 3.63) is 57.9 Å². The number of hydrogen-bond donors (Lipinski definition) is 0. The fourth-order valence-corrected chi connectivity index (χ4v) is 5.72. The first-order valence-corrected chi connectivity index (χ1v) is 12.0. The number of ether oxygens (including phenoxy) is 1. The van der Waals surface area contributed by atoms with Gasteiger partial charge in [-0.3, -0.25) is 4.98 Å². The normalized spacial score (nSPS) is 19.6. The van der Waals surface area contributed by atoms with Crippen LogP contribution in [0.25, 0.3) is 0 Å². The standard InChI is InChI=1S/C23H30N2O3S/c1-4-5-6-22-19-13-17(3)28-15-21(19)20-14-25(12-11-23(20)24-22)29(26,27)18-9-7-16(2)8-10-18/h7-10,17H,4-6,11-15H2,1-3H3. The van der Waals surface area contributed by atoms with Gasteiger partial charge in [-0.2, -0.15) is 4.31 Å². The van der Waals surface area contributed by atoms with E-state index < -0.39 is 10.0 Å². The van der Waals surface area contributed by atoms with Gasteiger partial charge in [-0.1, -0.05) is 31.0 Å². The van der Waals surface area contributed by atoms with Crippen molar-refractivity contribution in [1.82, 2.24) is 9.29 Å². The molecular weight excluding hydrogens is 384 g/mol. The molecule has 0 amide bonds. The molecule has 0 bridgehead atoms. The van der Waals surface area contributed by atoms with Crippen molar-refractivity contribution in [2.24, 2.45) is 0 Å². The van der Waals surface area contributed by atoms with Gasteiger partial charge < -0.3 is 4.74 Å². The summed E-state index contributed by atoms with van der Waals surface area (Å²) < 4.78 is 34.0. The molecule has 1 aromatic carbocycles. The number of pyridine rings is 1. The Morgan fingerprint density at radius 2 is 1.93 bits per heavy atom. The summed E-state index contributed by atoms with van der Waals surface area (Å²) in [6.45, 7) is 7.66. The summed E-state index contributed by atoms with van der Waals surface area (Å²) in [6.07, 6.45) is 4.95. The summed E-state index contributed by atoms with van der Waals surface area (Å²) in [5.41, 5.74) is 6.86. The molecule has 156 valence electrons. The number of unbranched alkanes of at least 4 members (excludes halogenated alkanes) is 1. The van der Waals surface area contributed by atoms with Gasteiger partial charge in [0.2, 0.25) is 10.0 Å². The highest BCUT2D eigenvalue weighted by Gasteiger charge is 2.33. The third kappa shape index (κ3) is 3.98. The van der Waals surface area contributed by atoms with Crippen molar-refractivity contribution < 1.29 is 13.2 Å². The fourth-order valence-electron chi connectivity index (χ4n) is 4.31. The van der Waals surface area contributed by atoms with Gasteiger partial charge in [-0.25, -0.2) is 8.42 Å². The zero-order chi connectivity index (χ0) is 20.6. The fraction of sp³-hybridized carbons (Fsp3) is 0.522. The van der Waals surface area contributed by atoms with E-state index in [1.54, 1.807) is 16.4 Å². The number of aromatic nitrogens is 1. The van der Waals surface area contributed by atoms with Gasteiger partial charge in [0.1, 0.15) is 0 Å². The molecule has 0 fully saturated rings. The smallest absolute Gasteiger partial charge is 0.243 e. The zero-order valence-corrected chi connectivity index (χ0v) is 18.4. The molecular formula is C23H30N2O3S. The molecule has 5 nitrogen and oxygen atoms in total. The molecule has 1 aromatic heterocycles. The Labute approximate surface area is 174 Å². The molecule has 0 aliphatic carbocycles. The van der Waals surface area contributed by atoms with Crippen LogP contribution >= 0.6 is 0 Å². The van der Waals surface area contributed by atoms with Gasteiger partial charge in [0.15, 0.2) is 0 Å². The number of benzene rings is 1. The zero-order valence-electron chi connectivity index (χ0n) is 17.6. The summed E-state index contributed by atoms with van der Waals surface area (Å²) >= 11 is 0. The Bertz CT molecular complexity index is 1000. The van der Waals surface area contributed by atoms with Crippen molar-refractivity contribution >= 4 is 10.0 Å². The number of hydrogen-bond acceptors (Lipinski definition) is 4. The molecule has 0 saturated carbocycles. The SMILES string of the molecule is CCCCc1nc2c(c3c1CC(C)OC3)CN(S(=O)(=O)c1ccc(C)cc1)CC2. The minimum Gasteiger partial charge on any atom is -0.373 e. The lowest BCUT2D eigenvalue weighted by Crippen LogP contribution is -2.38. The maximum absolute atomic E-state index is 13.2. The number of nitrogens with zero attached hydrogens (tertiary/aromatic N) is 2. The molecule has 6 heteroatoms. The van der Waals surface area contributed by atoms with Gasteiger partial charge in [0.05, 0.1) is 17.6 Å². The Balaban J connectivity index is 1.70. The minimum absolute atomic E-state index is 0.179. The van der Waals surface area contributed by atoms with Crippen LogP contribution in [0.1, 0.15) is 60.3 Å². The second-order valence-corrected chi connectivity index (χ2v) is 10.2. The van der Waals surface area contributed by atoms with Crippen molar-refractivity contribution in [2.75, 3.05) is 6.54 Å². The second kappa shape index (κ2) is 8.17. The third-order valence-electron chi connectivity index (χ3n) is 6.06. The third-order valence-corrected chi connectivity index (χ3v) is 7.92. The summed E-state index contributed by atoms with van der Waals surface area (Å²) in [4.78, 5) is 5.38. The topological polar surface area (TPSA) is 59.5 Å². The van der Waals surface area contributed by atoms with E-state index in [4.69, 9.17) is 9.72 Å². The molecule has 2 aromatic rings. The summed E-state index contributed by atoms with van der Waals surface area (Å²) in [5, 5.41) is 0. The lowest BCUT2D eigenvalue weighted by atomic mass is 9.89. The molecule has 4 rings (SSSR count). The average molecular weight is 415 g/mol. The van der Waals surface area contributed by atoms with Crippen LogP contribution in [-0.2, 0) is 47.2 Å². The van der Waals surface area contributed by atoms with Crippen LogP contribution in [0.15, 0.2) is 29.2 Å². The summed E-state index contributed by atoms with van der Waals surface area (Å²) in [7, 11) is -3.52. The van der Waals surface area contributed by atoms with Gasteiger partial charge in [0.25, 0.3) is 0 Å². The van der Waals surface area contributed by atoms with E-state index in [1.807, 2.05) is 19.1 Å². The van der Waals surface area contributed by atoms with E-state index >= 15 is 0 Å². The minimum atomic E-state index is -3.52. The lowest BCUT2D eigenvalue weighted by molar-refractivity contribution is 0.0395. The molecule has 1 unspecified atom stereocenters. The van der Waals surface area contributed by atoms with Crippen LogP contribution in [0.5, 0.6) is 0 Å². The number of sulfonamides is 1. The highest BCUT2D eigenvalue weighted by atomic mass is 32.2. The quantitative estimate of drug-likeness (QED) is 0.744. The van der Waals surface area contributed by atoms with Crippen LogP contribution in [0.3, 0.4) is 0 Å². The Hall–Kier alpha value is -1.76. The van der Waals surface area contributed by atoms with E-state index in [0.29, 0.717) is 31.0 Å². The predicted molar refractivity (Wildman–Crippen MR) is 113 cm³/mol. The Morgan fingerprint density at radius 1 is 1.17 bits per heavy atom. The molecule has 1 atom stereocenters. The van der Waals surface area contributed by atoms with E-state index in [9.17, 15) is 8.42 Å². The van der Waals surface area contributed by atoms with Crippen molar-refractivity contribution in [3.8, 4) is 0 Å². The number of fused-ring (bicyclic) bond motifs is 3. The van der Waals surface area contributed by atoms with Crippen LogP contribution in [0.4, 0.5) is 0 Å². The predicted octanol–water partition coefficient (Wildman–Crippen LogP) is 3.94. The molecule has 0 spiro atoms. The first-order chi connectivity index (χ1) is 13.9. The molecule has 0 radical (unpaired) electrons. The van der Waals surface area contributed by atoms with Crippen LogP contribution < -0.4 is 0 Å². The van der Waals surface area contributed by atoms with Gasteiger partial charge >= 0.3 is 0 Å². The first kappa shape index (κ1) is 20.5. The van der Waals surface area contributed by atoms with E-state index in [2.05, 4.69) is 13.8 Å². The molecule has 0 N–H and O–H groups in total. The molecule has 2 aliphatic heterocycles. The van der Waals surface area contributed by atoms with Crippen molar-refractivity contribution in [1.29, 1.82) is 0 Å². The first-order valence-electron chi connectivity index (χ1n) is 10.6. The van der Waals surface area contributed by atoms with Gasteiger partial charge in [0, 0.05) is 37.3 Å². The maximum atomic E-state index is 13.2. The van der Waals surface area contributed by atoms with E-state index in [-0.39, 0.29) is 6.10 Å². The van der Waals surface area contributed by atoms with Gasteiger partial charge in [-0.05, 0) is 55.5 Å². The summed E-state index contributed by atoms with van der Waals surface area (Å²) in [5.74, 6) is 0. The van der Waals surface area contributed by atoms with Crippen LogP contribution in [0.2, 0.25) is 0 Å². The monoisotopic (exact) mass is 414 g/mol. The molecule has 2 aliphatic rings. The van der Waals surface area contributed by atoms with E-state index in [0.717, 1.165) is 42.5 Å². The van der Waals surface area contributed by atoms with Crippen LogP contribution in [0, 0.1) is 6.92 Å². The van der Waals surface area contributed by atoms with E-state index in [1.165, 1.54) is 16.8 Å². The second-order valence-electron chi connectivity index (χ2n) is 8.27. The van der Waals surface area contributed by atoms with Crippen molar-refractivity contribution in [2.45, 2.75) is 77.0 Å². The average Bonchev–Trinajstić information content (AvgIpc) is 2.71. The summed E-state index contributed by atoms with van der Waals surface area (Å²) in [6, 6.07) is 7.10. The molecule has 29 heavy (non-hydrogen) atoms. The Morgan fingerprint density at radius 3 is 2.66 bits per heavy atom. The largest absolute Gasteiger partial charge is 0.373 e. The maximum Gasteiger partial charge on any atom is 0.243 e.